The van der Waals surface area contributed by atoms with Gasteiger partial charge >= 0.3 is 5.97 Å². The van der Waals surface area contributed by atoms with Crippen molar-refractivity contribution < 1.29 is 80.6 Å². The van der Waals surface area contributed by atoms with Gasteiger partial charge in [0.05, 0.1) is 79.3 Å². The number of esters is 1. The Kier molecular flexibility index (Phi) is 28.3. The van der Waals surface area contributed by atoms with Gasteiger partial charge in [0.2, 0.25) is 5.91 Å². The van der Waals surface area contributed by atoms with Crippen LogP contribution in [0.5, 0.6) is 0 Å². The van der Waals surface area contributed by atoms with Gasteiger partial charge in [-0.2, -0.15) is 0 Å². The quantitative estimate of drug-likeness (QED) is 0.0365. The van der Waals surface area contributed by atoms with Gasteiger partial charge in [-0.3, -0.25) is 9.59 Å². The number of hydrogen-bond donors (Lipinski definition) is 1. The van der Waals surface area contributed by atoms with Crippen LogP contribution in [0.2, 0.25) is 0 Å². The molecule has 0 aromatic heterocycles. The van der Waals surface area contributed by atoms with Crippen LogP contribution >= 0.6 is 0 Å². The molecule has 1 amide bonds. The Morgan fingerprint density at radius 3 is 0.883 bits per heavy atom. The molecular formula is C85H91NO17. The molecule has 1 N–H and O–H groups in total. The number of nitrogens with one attached hydrogen (secondary N) is 1. The third kappa shape index (κ3) is 22.2. The first-order valence-corrected chi connectivity index (χ1v) is 35.2. The van der Waals surface area contributed by atoms with Crippen LogP contribution in [-0.4, -0.2) is 124 Å². The van der Waals surface area contributed by atoms with Gasteiger partial charge in [-0.25, -0.2) is 0 Å². The summed E-state index contributed by atoms with van der Waals surface area (Å²) in [7, 11) is 0. The third-order valence-corrected chi connectivity index (χ3v) is 17.9. The first kappa shape index (κ1) is 74.1. The Labute approximate surface area is 603 Å². The van der Waals surface area contributed by atoms with E-state index in [2.05, 4.69) is 5.32 Å². The molecule has 0 spiro atoms. The second-order valence-electron chi connectivity index (χ2n) is 25.7. The topological polar surface area (TPSA) is 185 Å². The van der Waals surface area contributed by atoms with Crippen molar-refractivity contribution in [3.8, 4) is 0 Å². The van der Waals surface area contributed by atoms with Gasteiger partial charge < -0.3 is 76.4 Å². The maximum atomic E-state index is 14.1. The van der Waals surface area contributed by atoms with Crippen molar-refractivity contribution in [2.45, 2.75) is 165 Å². The fourth-order valence-corrected chi connectivity index (χ4v) is 12.9. The summed E-state index contributed by atoms with van der Waals surface area (Å²) in [6.07, 6.45) is -16.1. The number of carbonyl (C=O) groups is 2. The molecule has 3 fully saturated rings. The summed E-state index contributed by atoms with van der Waals surface area (Å²) in [5.41, 5.74) is 7.95. The lowest BCUT2D eigenvalue weighted by atomic mass is 9.94. The summed E-state index contributed by atoms with van der Waals surface area (Å²) in [5, 5.41) is 3.16. The highest BCUT2D eigenvalue weighted by atomic mass is 16.8. The highest BCUT2D eigenvalue weighted by Gasteiger charge is 2.58. The Balaban J connectivity index is 0.990. The SMILES string of the molecule is CC(=O)NC1C(OCc2ccccc2)OC(COCc2ccccc2)C(OC2OC(COCc3ccccc3)C(OC(C)=O)C(OC3OC(COCc4ccccc4)C(OCc4ccccc4)C(OCc4ccccc4)C3OCc3ccccc3)C2OCc2ccccc2)C1OCc1ccccc1. The average molecular weight is 1400 g/mol. The molecule has 0 saturated carbocycles. The predicted molar refractivity (Wildman–Crippen MR) is 384 cm³/mol. The monoisotopic (exact) mass is 1400 g/mol. The van der Waals surface area contributed by atoms with Crippen LogP contribution in [0.3, 0.4) is 0 Å². The first-order valence-electron chi connectivity index (χ1n) is 35.2. The minimum absolute atomic E-state index is 0.00684. The molecule has 0 bridgehead atoms. The zero-order valence-electron chi connectivity index (χ0n) is 58.1. The average Bonchev–Trinajstić information content (AvgIpc) is 0.763. The number of rotatable bonds is 36. The van der Waals surface area contributed by atoms with Crippen LogP contribution in [0.4, 0.5) is 0 Å². The molecule has 3 aliphatic rings. The zero-order chi connectivity index (χ0) is 70.6. The number of benzene rings is 9. The fraction of sp³-hybridized carbons (Fsp3) is 0.341. The minimum Gasteiger partial charge on any atom is -0.457 e. The highest BCUT2D eigenvalue weighted by Crippen LogP contribution is 2.40. The van der Waals surface area contributed by atoms with Crippen LogP contribution in [0, 0.1) is 0 Å². The number of carbonyl (C=O) groups excluding carboxylic acids is 2. The van der Waals surface area contributed by atoms with Crippen molar-refractivity contribution in [1.82, 2.24) is 5.32 Å². The van der Waals surface area contributed by atoms with Crippen LogP contribution in [0.15, 0.2) is 273 Å². The van der Waals surface area contributed by atoms with Gasteiger partial charge in [0.25, 0.3) is 0 Å². The molecule has 9 aromatic carbocycles. The first-order chi connectivity index (χ1) is 50.7. The lowest BCUT2D eigenvalue weighted by Gasteiger charge is -2.51. The molecule has 9 aromatic rings. The van der Waals surface area contributed by atoms with E-state index in [9.17, 15) is 9.59 Å². The Bertz CT molecular complexity index is 3860. The van der Waals surface area contributed by atoms with Crippen LogP contribution in [0.1, 0.15) is 63.9 Å². The maximum Gasteiger partial charge on any atom is 0.303 e. The zero-order valence-corrected chi connectivity index (χ0v) is 58.1. The van der Waals surface area contributed by atoms with Crippen LogP contribution in [-0.2, 0) is 140 Å². The van der Waals surface area contributed by atoms with E-state index in [-0.39, 0.29) is 85.2 Å². The Morgan fingerprint density at radius 1 is 0.282 bits per heavy atom. The summed E-state index contributed by atoms with van der Waals surface area (Å²) < 4.78 is 107. The van der Waals surface area contributed by atoms with E-state index in [0.29, 0.717) is 0 Å². The van der Waals surface area contributed by atoms with E-state index in [0.717, 1.165) is 50.1 Å². The van der Waals surface area contributed by atoms with Crippen molar-refractivity contribution in [2.24, 2.45) is 0 Å². The molecule has 15 unspecified atom stereocenters. The molecule has 3 aliphatic heterocycles. The Morgan fingerprint density at radius 2 is 0.544 bits per heavy atom. The second kappa shape index (κ2) is 39.3. The van der Waals surface area contributed by atoms with Crippen LogP contribution < -0.4 is 5.32 Å². The van der Waals surface area contributed by atoms with Crippen molar-refractivity contribution in [1.29, 1.82) is 0 Å². The Hall–Kier alpha value is -8.64. The van der Waals surface area contributed by atoms with E-state index in [1.807, 2.05) is 273 Å². The van der Waals surface area contributed by atoms with Crippen LogP contribution in [0.25, 0.3) is 0 Å². The molecule has 18 heteroatoms. The molecule has 0 aliphatic carbocycles. The smallest absolute Gasteiger partial charge is 0.303 e. The standard InChI is InChI=1S/C85H91NO17/c1-60(87)86-74-78(93-52-66-38-20-7-21-39-66)76(72(58-90-49-63-32-14-4-15-33-63)99-83(74)97-56-70-46-28-11-29-47-70)102-85-82(96-55-69-44-26-10-27-45-69)80(77(98-61(2)88)73(101-85)59-91-50-64-34-16-5-17-35-64)103-84-81(95-54-68-42-24-9-25-43-68)79(94-53-67-40-22-8-23-41-67)75(92-51-65-36-18-6-19-37-65)71(100-84)57-89-48-62-30-12-3-13-31-62/h3-47,71-85H,48-59H2,1-2H3,(H,86,87). The minimum atomic E-state index is -1.47. The third-order valence-electron chi connectivity index (χ3n) is 17.9. The molecule has 103 heavy (non-hydrogen) atoms. The van der Waals surface area contributed by atoms with Crippen molar-refractivity contribution >= 4 is 11.9 Å². The van der Waals surface area contributed by atoms with E-state index in [1.54, 1.807) is 0 Å². The van der Waals surface area contributed by atoms with Crippen molar-refractivity contribution in [3.05, 3.63) is 323 Å². The largest absolute Gasteiger partial charge is 0.457 e. The number of ether oxygens (including phenoxy) is 15. The highest BCUT2D eigenvalue weighted by molar-refractivity contribution is 5.73. The maximum absolute atomic E-state index is 14.1. The van der Waals surface area contributed by atoms with Gasteiger partial charge in [0.15, 0.2) is 25.0 Å². The van der Waals surface area contributed by atoms with Gasteiger partial charge in [-0.15, -0.1) is 0 Å². The summed E-state index contributed by atoms with van der Waals surface area (Å²) in [5.74, 6) is -1.02. The van der Waals surface area contributed by atoms with E-state index in [1.165, 1.54) is 13.8 Å². The number of amides is 1. The van der Waals surface area contributed by atoms with Crippen molar-refractivity contribution in [3.63, 3.8) is 0 Å². The molecular weight excluding hydrogens is 1310 g/mol. The number of hydrogen-bond acceptors (Lipinski definition) is 17. The van der Waals surface area contributed by atoms with Gasteiger partial charge in [0.1, 0.15) is 67.1 Å². The summed E-state index contributed by atoms with van der Waals surface area (Å²) >= 11 is 0. The molecule has 12 rings (SSSR count). The molecule has 3 heterocycles. The van der Waals surface area contributed by atoms with Crippen molar-refractivity contribution in [2.75, 3.05) is 19.8 Å². The second-order valence-corrected chi connectivity index (χ2v) is 25.7. The summed E-state index contributed by atoms with van der Waals surface area (Å²) in [6, 6.07) is 87.0. The molecule has 538 valence electrons. The molecule has 15 atom stereocenters. The van der Waals surface area contributed by atoms with E-state index >= 15 is 0 Å². The summed E-state index contributed by atoms with van der Waals surface area (Å²) in [4.78, 5) is 27.9. The van der Waals surface area contributed by atoms with E-state index in [4.69, 9.17) is 71.1 Å². The van der Waals surface area contributed by atoms with Gasteiger partial charge in [0, 0.05) is 13.8 Å². The van der Waals surface area contributed by atoms with Gasteiger partial charge in [-0.1, -0.05) is 273 Å². The predicted octanol–water partition coefficient (Wildman–Crippen LogP) is 13.2. The normalized spacial score (nSPS) is 24.8. The molecule has 0 radical (unpaired) electrons. The summed E-state index contributed by atoms with van der Waals surface area (Å²) in [6.45, 7) is 3.74. The van der Waals surface area contributed by atoms with E-state index < -0.39 is 98.0 Å². The lowest BCUT2D eigenvalue weighted by molar-refractivity contribution is -0.389. The lowest BCUT2D eigenvalue weighted by Crippen LogP contribution is -2.69. The molecule has 3 saturated heterocycles. The molecule has 18 nitrogen and oxygen atoms in total. The fourth-order valence-electron chi connectivity index (χ4n) is 12.9. The van der Waals surface area contributed by atoms with Gasteiger partial charge in [-0.05, 0) is 50.1 Å².